The Kier molecular flexibility index (Phi) is 2.49. The zero-order chi connectivity index (χ0) is 8.27. The van der Waals surface area contributed by atoms with E-state index in [-0.39, 0.29) is 6.79 Å². The molecule has 0 atom stereocenters. The number of hydrogen-bond acceptors (Lipinski definition) is 2. The van der Waals surface area contributed by atoms with E-state index in [2.05, 4.69) is 6.07 Å². The molecule has 1 rings (SSSR count). The van der Waals surface area contributed by atoms with Crippen LogP contribution in [-0.4, -0.2) is 11.9 Å². The molecule has 0 aliphatic rings. The van der Waals surface area contributed by atoms with Crippen molar-refractivity contribution in [3.8, 4) is 5.75 Å². The van der Waals surface area contributed by atoms with Gasteiger partial charge in [0.05, 0.1) is 0 Å². The summed E-state index contributed by atoms with van der Waals surface area (Å²) in [4.78, 5) is 0. The highest BCUT2D eigenvalue weighted by Crippen LogP contribution is 2.15. The van der Waals surface area contributed by atoms with E-state index in [1.54, 1.807) is 0 Å². The van der Waals surface area contributed by atoms with Crippen LogP contribution in [0.4, 0.5) is 0 Å². The first-order valence-corrected chi connectivity index (χ1v) is 3.54. The summed E-state index contributed by atoms with van der Waals surface area (Å²) < 4.78 is 4.92. The van der Waals surface area contributed by atoms with Crippen molar-refractivity contribution in [1.29, 1.82) is 0 Å². The predicted molar refractivity (Wildman–Crippen MR) is 43.6 cm³/mol. The quantitative estimate of drug-likeness (QED) is 0.653. The van der Waals surface area contributed by atoms with Crippen molar-refractivity contribution < 1.29 is 9.84 Å². The zero-order valence-corrected chi connectivity index (χ0v) is 6.79. The number of aliphatic hydroxyl groups excluding tert-OH is 1. The van der Waals surface area contributed by atoms with Crippen LogP contribution >= 0.6 is 0 Å². The van der Waals surface area contributed by atoms with Crippen LogP contribution < -0.4 is 4.74 Å². The lowest BCUT2D eigenvalue weighted by molar-refractivity contribution is 0.0984. The normalized spacial score (nSPS) is 9.73. The molecule has 2 nitrogen and oxygen atoms in total. The van der Waals surface area contributed by atoms with Crippen LogP contribution in [0, 0.1) is 13.8 Å². The number of aliphatic hydroxyl groups is 1. The fourth-order valence-electron chi connectivity index (χ4n) is 1.09. The molecular weight excluding hydrogens is 140 g/mol. The van der Waals surface area contributed by atoms with Gasteiger partial charge in [-0.2, -0.15) is 0 Å². The molecule has 0 aliphatic carbocycles. The van der Waals surface area contributed by atoms with E-state index in [1.165, 1.54) is 0 Å². The van der Waals surface area contributed by atoms with E-state index in [0.29, 0.717) is 0 Å². The van der Waals surface area contributed by atoms with Crippen molar-refractivity contribution in [2.24, 2.45) is 0 Å². The molecule has 0 spiro atoms. The van der Waals surface area contributed by atoms with Crippen molar-refractivity contribution in [2.75, 3.05) is 6.79 Å². The molecule has 1 N–H and O–H groups in total. The Hall–Kier alpha value is -1.02. The van der Waals surface area contributed by atoms with Gasteiger partial charge >= 0.3 is 0 Å². The fraction of sp³-hybridized carbons (Fsp3) is 0.333. The molecule has 1 aromatic carbocycles. The van der Waals surface area contributed by atoms with E-state index < -0.39 is 0 Å². The number of aryl methyl sites for hydroxylation is 2. The smallest absolute Gasteiger partial charge is 0.186 e. The first kappa shape index (κ1) is 8.08. The Morgan fingerprint density at radius 2 is 1.73 bits per heavy atom. The minimum atomic E-state index is -0.261. The van der Waals surface area contributed by atoms with Gasteiger partial charge in [0.2, 0.25) is 0 Å². The molecule has 0 saturated heterocycles. The summed E-state index contributed by atoms with van der Waals surface area (Å²) in [6, 6.07) is 5.84. The molecule has 60 valence electrons. The van der Waals surface area contributed by atoms with Gasteiger partial charge in [-0.3, -0.25) is 0 Å². The largest absolute Gasteiger partial charge is 0.468 e. The fourth-order valence-corrected chi connectivity index (χ4v) is 1.09. The lowest BCUT2D eigenvalue weighted by Gasteiger charge is -2.03. The van der Waals surface area contributed by atoms with Crippen molar-refractivity contribution in [3.05, 3.63) is 29.3 Å². The number of rotatable bonds is 2. The van der Waals surface area contributed by atoms with Crippen LogP contribution in [0.3, 0.4) is 0 Å². The molecular formula is C9H12O2. The van der Waals surface area contributed by atoms with Gasteiger partial charge in [-0.1, -0.05) is 6.07 Å². The minimum absolute atomic E-state index is 0.261. The topological polar surface area (TPSA) is 29.5 Å². The highest BCUT2D eigenvalue weighted by atomic mass is 16.6. The van der Waals surface area contributed by atoms with E-state index in [4.69, 9.17) is 9.84 Å². The maximum absolute atomic E-state index is 8.48. The third kappa shape index (κ3) is 2.24. The number of benzene rings is 1. The zero-order valence-electron chi connectivity index (χ0n) is 6.79. The van der Waals surface area contributed by atoms with Gasteiger partial charge in [0.15, 0.2) is 6.79 Å². The Labute approximate surface area is 66.4 Å². The molecule has 0 amide bonds. The average molecular weight is 152 g/mol. The van der Waals surface area contributed by atoms with E-state index >= 15 is 0 Å². The summed E-state index contributed by atoms with van der Waals surface area (Å²) in [5, 5.41) is 8.48. The Morgan fingerprint density at radius 1 is 1.18 bits per heavy atom. The van der Waals surface area contributed by atoms with Crippen LogP contribution in [0.2, 0.25) is 0 Å². The van der Waals surface area contributed by atoms with Gasteiger partial charge in [-0.05, 0) is 37.1 Å². The molecule has 2 heteroatoms. The Bertz CT molecular complexity index is 223. The molecule has 0 heterocycles. The van der Waals surface area contributed by atoms with Crippen LogP contribution in [0.1, 0.15) is 11.1 Å². The SMILES string of the molecule is Cc1cc(C)cc(OCO)c1. The average Bonchev–Trinajstić information content (AvgIpc) is 1.85. The first-order valence-electron chi connectivity index (χ1n) is 3.54. The Morgan fingerprint density at radius 3 is 2.18 bits per heavy atom. The summed E-state index contributed by atoms with van der Waals surface area (Å²) in [6.45, 7) is 3.73. The molecule has 0 fully saturated rings. The van der Waals surface area contributed by atoms with Crippen molar-refractivity contribution in [3.63, 3.8) is 0 Å². The van der Waals surface area contributed by atoms with Crippen LogP contribution in [-0.2, 0) is 0 Å². The third-order valence-electron chi connectivity index (χ3n) is 1.43. The summed E-state index contributed by atoms with van der Waals surface area (Å²) in [5.74, 6) is 0.727. The second-order valence-corrected chi connectivity index (χ2v) is 2.60. The summed E-state index contributed by atoms with van der Waals surface area (Å²) in [7, 11) is 0. The van der Waals surface area contributed by atoms with Crippen molar-refractivity contribution in [1.82, 2.24) is 0 Å². The maximum atomic E-state index is 8.48. The van der Waals surface area contributed by atoms with Gasteiger partial charge in [0.25, 0.3) is 0 Å². The molecule has 0 aromatic heterocycles. The molecule has 0 saturated carbocycles. The van der Waals surface area contributed by atoms with Gasteiger partial charge in [-0.25, -0.2) is 0 Å². The standard InChI is InChI=1S/C9H12O2/c1-7-3-8(2)5-9(4-7)11-6-10/h3-5,10H,6H2,1-2H3. The summed E-state index contributed by atoms with van der Waals surface area (Å²) in [6.07, 6.45) is 0. The van der Waals surface area contributed by atoms with Crippen molar-refractivity contribution >= 4 is 0 Å². The third-order valence-corrected chi connectivity index (χ3v) is 1.43. The maximum Gasteiger partial charge on any atom is 0.186 e. The molecule has 0 aliphatic heterocycles. The highest BCUT2D eigenvalue weighted by Gasteiger charge is 1.94. The summed E-state index contributed by atoms with van der Waals surface area (Å²) >= 11 is 0. The van der Waals surface area contributed by atoms with Crippen LogP contribution in [0.15, 0.2) is 18.2 Å². The van der Waals surface area contributed by atoms with E-state index in [0.717, 1.165) is 16.9 Å². The van der Waals surface area contributed by atoms with Crippen molar-refractivity contribution in [2.45, 2.75) is 13.8 Å². The molecule has 1 aromatic rings. The van der Waals surface area contributed by atoms with Crippen LogP contribution in [0.25, 0.3) is 0 Å². The second-order valence-electron chi connectivity index (χ2n) is 2.60. The highest BCUT2D eigenvalue weighted by molar-refractivity contribution is 5.32. The number of ether oxygens (including phenoxy) is 1. The number of hydrogen-bond donors (Lipinski definition) is 1. The van der Waals surface area contributed by atoms with Crippen LogP contribution in [0.5, 0.6) is 5.75 Å². The van der Waals surface area contributed by atoms with Gasteiger partial charge in [-0.15, -0.1) is 0 Å². The summed E-state index contributed by atoms with van der Waals surface area (Å²) in [5.41, 5.74) is 2.29. The lowest BCUT2D eigenvalue weighted by atomic mass is 10.1. The molecule has 0 radical (unpaired) electrons. The Balaban J connectivity index is 2.89. The molecule has 0 bridgehead atoms. The second kappa shape index (κ2) is 3.39. The first-order chi connectivity index (χ1) is 5.22. The lowest BCUT2D eigenvalue weighted by Crippen LogP contribution is -1.94. The molecule has 0 unspecified atom stereocenters. The van der Waals surface area contributed by atoms with Gasteiger partial charge in [0, 0.05) is 0 Å². The van der Waals surface area contributed by atoms with Gasteiger partial charge in [0.1, 0.15) is 5.75 Å². The predicted octanol–water partition coefficient (Wildman–Crippen LogP) is 1.63. The van der Waals surface area contributed by atoms with E-state index in [1.807, 2.05) is 26.0 Å². The minimum Gasteiger partial charge on any atom is -0.468 e. The van der Waals surface area contributed by atoms with E-state index in [9.17, 15) is 0 Å². The molecule has 11 heavy (non-hydrogen) atoms. The monoisotopic (exact) mass is 152 g/mol. The van der Waals surface area contributed by atoms with Gasteiger partial charge < -0.3 is 9.84 Å².